The molecular formula is C13H24N2O4. The van der Waals surface area contributed by atoms with Gasteiger partial charge in [0, 0.05) is 26.9 Å². The van der Waals surface area contributed by atoms with E-state index in [0.29, 0.717) is 19.3 Å². The average molecular weight is 272 g/mol. The van der Waals surface area contributed by atoms with Crippen LogP contribution in [0.25, 0.3) is 0 Å². The maximum atomic E-state index is 11.6. The van der Waals surface area contributed by atoms with Crippen molar-refractivity contribution < 1.29 is 19.5 Å². The van der Waals surface area contributed by atoms with Crippen molar-refractivity contribution in [2.45, 2.75) is 45.6 Å². The predicted octanol–water partition coefficient (Wildman–Crippen LogP) is 0.860. The number of hydrogen-bond donors (Lipinski definition) is 2. The highest BCUT2D eigenvalue weighted by molar-refractivity contribution is 5.84. The van der Waals surface area contributed by atoms with E-state index in [1.165, 1.54) is 4.90 Å². The first-order valence-electron chi connectivity index (χ1n) is 6.46. The van der Waals surface area contributed by atoms with Crippen LogP contribution < -0.4 is 5.32 Å². The van der Waals surface area contributed by atoms with E-state index in [1.807, 2.05) is 13.8 Å². The van der Waals surface area contributed by atoms with E-state index >= 15 is 0 Å². The average Bonchev–Trinajstić information content (AvgIpc) is 2.26. The summed E-state index contributed by atoms with van der Waals surface area (Å²) in [6, 6.07) is -0.850. The Morgan fingerprint density at radius 3 is 2.16 bits per heavy atom. The summed E-state index contributed by atoms with van der Waals surface area (Å²) in [5, 5.41) is 11.5. The summed E-state index contributed by atoms with van der Waals surface area (Å²) in [4.78, 5) is 35.3. The van der Waals surface area contributed by atoms with E-state index in [0.717, 1.165) is 0 Å². The second-order valence-electron chi connectivity index (χ2n) is 5.23. The first kappa shape index (κ1) is 17.4. The second-order valence-corrected chi connectivity index (χ2v) is 5.23. The first-order chi connectivity index (χ1) is 8.73. The molecule has 2 N–H and O–H groups in total. The van der Waals surface area contributed by atoms with Crippen LogP contribution in [-0.2, 0) is 14.4 Å². The van der Waals surface area contributed by atoms with Crippen LogP contribution in [0.1, 0.15) is 39.5 Å². The molecule has 1 atom stereocenters. The topological polar surface area (TPSA) is 86.7 Å². The van der Waals surface area contributed by atoms with Crippen molar-refractivity contribution in [2.24, 2.45) is 5.92 Å². The zero-order valence-corrected chi connectivity index (χ0v) is 12.1. The fourth-order valence-corrected chi connectivity index (χ4v) is 1.58. The molecular weight excluding hydrogens is 248 g/mol. The molecule has 0 fully saturated rings. The van der Waals surface area contributed by atoms with Gasteiger partial charge in [-0.2, -0.15) is 0 Å². The first-order valence-corrected chi connectivity index (χ1v) is 6.46. The van der Waals surface area contributed by atoms with Crippen molar-refractivity contribution in [3.8, 4) is 0 Å². The third-order valence-corrected chi connectivity index (χ3v) is 2.63. The summed E-state index contributed by atoms with van der Waals surface area (Å²) in [5.74, 6) is -1.19. The lowest BCUT2D eigenvalue weighted by Gasteiger charge is -2.16. The highest BCUT2D eigenvalue weighted by Crippen LogP contribution is 2.06. The van der Waals surface area contributed by atoms with E-state index in [9.17, 15) is 14.4 Å². The highest BCUT2D eigenvalue weighted by Gasteiger charge is 2.20. The van der Waals surface area contributed by atoms with Crippen molar-refractivity contribution >= 4 is 17.8 Å². The second kappa shape index (κ2) is 8.50. The number of nitrogens with zero attached hydrogens (tertiary/aromatic N) is 1. The van der Waals surface area contributed by atoms with Crippen molar-refractivity contribution in [3.05, 3.63) is 0 Å². The number of carbonyl (C=O) groups excluding carboxylic acids is 2. The quantitative estimate of drug-likeness (QED) is 0.686. The Hall–Kier alpha value is -1.59. The molecule has 0 rings (SSSR count). The Labute approximate surface area is 114 Å². The molecule has 0 aromatic rings. The number of aliphatic carboxylic acids is 1. The molecule has 0 aromatic heterocycles. The molecule has 0 spiro atoms. The fourth-order valence-electron chi connectivity index (χ4n) is 1.58. The van der Waals surface area contributed by atoms with Gasteiger partial charge in [0.05, 0.1) is 0 Å². The molecule has 2 amide bonds. The normalized spacial score (nSPS) is 12.1. The van der Waals surface area contributed by atoms with Gasteiger partial charge >= 0.3 is 5.97 Å². The Kier molecular flexibility index (Phi) is 7.79. The summed E-state index contributed by atoms with van der Waals surface area (Å²) in [7, 11) is 3.32. The lowest BCUT2D eigenvalue weighted by molar-refractivity contribution is -0.142. The molecule has 0 aliphatic heterocycles. The molecule has 0 aromatic carbocycles. The van der Waals surface area contributed by atoms with Crippen molar-refractivity contribution in [1.82, 2.24) is 10.2 Å². The molecule has 19 heavy (non-hydrogen) atoms. The number of amides is 2. The molecule has 110 valence electrons. The lowest BCUT2D eigenvalue weighted by atomic mass is 10.0. The summed E-state index contributed by atoms with van der Waals surface area (Å²) < 4.78 is 0. The molecule has 0 heterocycles. The Morgan fingerprint density at radius 2 is 1.74 bits per heavy atom. The number of hydrogen-bond acceptors (Lipinski definition) is 3. The number of nitrogens with one attached hydrogen (secondary N) is 1. The van der Waals surface area contributed by atoms with Crippen LogP contribution in [0.5, 0.6) is 0 Å². The molecule has 0 radical (unpaired) electrons. The van der Waals surface area contributed by atoms with Crippen LogP contribution in [-0.4, -0.2) is 47.9 Å². The lowest BCUT2D eigenvalue weighted by Crippen LogP contribution is -2.41. The van der Waals surface area contributed by atoms with Gasteiger partial charge in [0.25, 0.3) is 0 Å². The van der Waals surface area contributed by atoms with Gasteiger partial charge in [-0.25, -0.2) is 4.79 Å². The Bertz CT molecular complexity index is 327. The maximum absolute atomic E-state index is 11.6. The zero-order chi connectivity index (χ0) is 15.0. The minimum atomic E-state index is -1.02. The Balaban J connectivity index is 4.07. The van der Waals surface area contributed by atoms with Crippen LogP contribution in [0.15, 0.2) is 0 Å². The van der Waals surface area contributed by atoms with Crippen LogP contribution in [0.2, 0.25) is 0 Å². The van der Waals surface area contributed by atoms with Gasteiger partial charge in [-0.1, -0.05) is 13.8 Å². The molecule has 6 heteroatoms. The van der Waals surface area contributed by atoms with E-state index in [-0.39, 0.29) is 24.2 Å². The van der Waals surface area contributed by atoms with E-state index < -0.39 is 12.0 Å². The number of carboxylic acid groups (broad SMARTS) is 1. The van der Waals surface area contributed by atoms with E-state index in [4.69, 9.17) is 5.11 Å². The van der Waals surface area contributed by atoms with E-state index in [2.05, 4.69) is 5.32 Å². The van der Waals surface area contributed by atoms with Gasteiger partial charge < -0.3 is 15.3 Å². The summed E-state index contributed by atoms with van der Waals surface area (Å²) in [6.07, 6.45) is 1.29. The minimum Gasteiger partial charge on any atom is -0.480 e. The molecule has 0 aliphatic carbocycles. The van der Waals surface area contributed by atoms with Gasteiger partial charge in [-0.15, -0.1) is 0 Å². The van der Waals surface area contributed by atoms with Crippen molar-refractivity contribution in [2.75, 3.05) is 14.1 Å². The molecule has 6 nitrogen and oxygen atoms in total. The summed E-state index contributed by atoms with van der Waals surface area (Å²) in [6.45, 7) is 3.80. The maximum Gasteiger partial charge on any atom is 0.326 e. The number of carbonyl (C=O) groups is 3. The van der Waals surface area contributed by atoms with Gasteiger partial charge in [-0.3, -0.25) is 9.59 Å². The van der Waals surface area contributed by atoms with E-state index in [1.54, 1.807) is 14.1 Å². The smallest absolute Gasteiger partial charge is 0.326 e. The van der Waals surface area contributed by atoms with Crippen LogP contribution >= 0.6 is 0 Å². The highest BCUT2D eigenvalue weighted by atomic mass is 16.4. The van der Waals surface area contributed by atoms with Gasteiger partial charge in [0.2, 0.25) is 11.8 Å². The monoisotopic (exact) mass is 272 g/mol. The third kappa shape index (κ3) is 8.18. The summed E-state index contributed by atoms with van der Waals surface area (Å²) in [5.41, 5.74) is 0. The number of carboxylic acids is 1. The largest absolute Gasteiger partial charge is 0.480 e. The molecule has 0 aliphatic rings. The predicted molar refractivity (Wildman–Crippen MR) is 71.6 cm³/mol. The standard InChI is InChI=1S/C13H24N2O4/c1-9(2)8-10(13(18)19)14-11(16)6-5-7-12(17)15(3)4/h9-10H,5-8H2,1-4H3,(H,14,16)(H,18,19)/t10-/m0/s1. The number of rotatable bonds is 8. The van der Waals surface area contributed by atoms with Gasteiger partial charge in [0.1, 0.15) is 6.04 Å². The van der Waals surface area contributed by atoms with Crippen LogP contribution in [0.3, 0.4) is 0 Å². The van der Waals surface area contributed by atoms with Crippen molar-refractivity contribution in [1.29, 1.82) is 0 Å². The molecule has 0 saturated carbocycles. The minimum absolute atomic E-state index is 0.0373. The molecule has 0 unspecified atom stereocenters. The molecule has 0 bridgehead atoms. The zero-order valence-electron chi connectivity index (χ0n) is 12.1. The van der Waals surface area contributed by atoms with Crippen LogP contribution in [0, 0.1) is 5.92 Å². The van der Waals surface area contributed by atoms with Crippen molar-refractivity contribution in [3.63, 3.8) is 0 Å². The van der Waals surface area contributed by atoms with Gasteiger partial charge in [0.15, 0.2) is 0 Å². The Morgan fingerprint density at radius 1 is 1.16 bits per heavy atom. The summed E-state index contributed by atoms with van der Waals surface area (Å²) >= 11 is 0. The SMILES string of the molecule is CC(C)C[C@H](NC(=O)CCCC(=O)N(C)C)C(=O)O. The van der Waals surface area contributed by atoms with Crippen LogP contribution in [0.4, 0.5) is 0 Å². The molecule has 0 saturated heterocycles. The third-order valence-electron chi connectivity index (χ3n) is 2.63. The fraction of sp³-hybridized carbons (Fsp3) is 0.769. The van der Waals surface area contributed by atoms with Gasteiger partial charge in [-0.05, 0) is 18.8 Å².